The number of benzene rings is 2. The molecule has 3 nitrogen and oxygen atoms in total. The highest BCUT2D eigenvalue weighted by atomic mass is 16.5. The van der Waals surface area contributed by atoms with Gasteiger partial charge < -0.3 is 9.84 Å². The molecule has 0 aliphatic heterocycles. The van der Waals surface area contributed by atoms with Crippen LogP contribution in [0, 0.1) is 0 Å². The summed E-state index contributed by atoms with van der Waals surface area (Å²) in [4.78, 5) is 10.6. The van der Waals surface area contributed by atoms with Crippen molar-refractivity contribution in [1.29, 1.82) is 0 Å². The van der Waals surface area contributed by atoms with Gasteiger partial charge in [-0.3, -0.25) is 0 Å². The molecule has 0 saturated carbocycles. The third-order valence-electron chi connectivity index (χ3n) is 2.82. The number of hydrogen-bond acceptors (Lipinski definition) is 2. The van der Waals surface area contributed by atoms with Gasteiger partial charge in [-0.05, 0) is 17.7 Å². The summed E-state index contributed by atoms with van der Waals surface area (Å²) in [5, 5.41) is 8.66. The summed E-state index contributed by atoms with van der Waals surface area (Å²) in [7, 11) is 0. The minimum Gasteiger partial charge on any atom is -0.493 e. The number of carboxylic acids is 1. The van der Waals surface area contributed by atoms with E-state index in [2.05, 4.69) is 12.1 Å². The first-order valence-electron chi connectivity index (χ1n) is 6.42. The van der Waals surface area contributed by atoms with Crippen LogP contribution in [0.5, 0.6) is 5.75 Å². The first-order chi connectivity index (χ1) is 9.75. The summed E-state index contributed by atoms with van der Waals surface area (Å²) in [5.74, 6) is -0.273. The van der Waals surface area contributed by atoms with Crippen molar-refractivity contribution < 1.29 is 14.6 Å². The maximum Gasteiger partial charge on any atom is 0.328 e. The standard InChI is InChI=1S/C17H16O3/c18-17(19)11-10-15-8-4-5-9-16(15)20-13-12-14-6-2-1-3-7-14/h1-11H,12-13H2,(H,18,19)/b11-10+. The van der Waals surface area contributed by atoms with Crippen molar-refractivity contribution in [3.8, 4) is 5.75 Å². The molecular weight excluding hydrogens is 252 g/mol. The zero-order valence-electron chi connectivity index (χ0n) is 11.0. The van der Waals surface area contributed by atoms with E-state index in [1.165, 1.54) is 5.56 Å². The van der Waals surface area contributed by atoms with E-state index in [9.17, 15) is 4.79 Å². The summed E-state index contributed by atoms with van der Waals surface area (Å²) < 4.78 is 5.73. The lowest BCUT2D eigenvalue weighted by molar-refractivity contribution is -0.131. The van der Waals surface area contributed by atoms with Gasteiger partial charge in [-0.15, -0.1) is 0 Å². The molecular formula is C17H16O3. The van der Waals surface area contributed by atoms with Crippen LogP contribution in [0.2, 0.25) is 0 Å². The molecule has 102 valence electrons. The van der Waals surface area contributed by atoms with Gasteiger partial charge in [0, 0.05) is 18.1 Å². The Morgan fingerprint density at radius 2 is 1.75 bits per heavy atom. The first kappa shape index (κ1) is 13.9. The van der Waals surface area contributed by atoms with Gasteiger partial charge in [-0.25, -0.2) is 4.79 Å². The smallest absolute Gasteiger partial charge is 0.328 e. The van der Waals surface area contributed by atoms with E-state index in [1.807, 2.05) is 42.5 Å². The molecule has 0 amide bonds. The Morgan fingerprint density at radius 3 is 2.50 bits per heavy atom. The fourth-order valence-corrected chi connectivity index (χ4v) is 1.83. The molecule has 0 atom stereocenters. The number of rotatable bonds is 6. The molecule has 0 fully saturated rings. The van der Waals surface area contributed by atoms with Gasteiger partial charge in [0.15, 0.2) is 0 Å². The second-order valence-electron chi connectivity index (χ2n) is 4.29. The minimum atomic E-state index is -0.968. The molecule has 2 aromatic carbocycles. The van der Waals surface area contributed by atoms with Crippen molar-refractivity contribution >= 4 is 12.0 Å². The van der Waals surface area contributed by atoms with Crippen LogP contribution in [0.3, 0.4) is 0 Å². The second kappa shape index (κ2) is 7.14. The van der Waals surface area contributed by atoms with E-state index < -0.39 is 5.97 Å². The zero-order chi connectivity index (χ0) is 14.2. The lowest BCUT2D eigenvalue weighted by Gasteiger charge is -2.09. The van der Waals surface area contributed by atoms with Crippen LogP contribution >= 0.6 is 0 Å². The number of carboxylic acid groups (broad SMARTS) is 1. The number of aliphatic carboxylic acids is 1. The maximum absolute atomic E-state index is 10.6. The fourth-order valence-electron chi connectivity index (χ4n) is 1.83. The van der Waals surface area contributed by atoms with Gasteiger partial charge in [0.1, 0.15) is 5.75 Å². The topological polar surface area (TPSA) is 46.5 Å². The molecule has 1 N–H and O–H groups in total. The Labute approximate surface area is 118 Å². The Balaban J connectivity index is 1.97. The monoisotopic (exact) mass is 268 g/mol. The van der Waals surface area contributed by atoms with E-state index in [1.54, 1.807) is 6.08 Å². The van der Waals surface area contributed by atoms with Crippen LogP contribution < -0.4 is 4.74 Å². The van der Waals surface area contributed by atoms with Crippen LogP contribution in [0.4, 0.5) is 0 Å². The molecule has 3 heteroatoms. The molecule has 2 aromatic rings. The molecule has 0 heterocycles. The average molecular weight is 268 g/mol. The van der Waals surface area contributed by atoms with Gasteiger partial charge in [-0.2, -0.15) is 0 Å². The minimum absolute atomic E-state index is 0.557. The van der Waals surface area contributed by atoms with E-state index in [-0.39, 0.29) is 0 Å². The number of carbonyl (C=O) groups is 1. The molecule has 0 aliphatic carbocycles. The van der Waals surface area contributed by atoms with Gasteiger partial charge in [0.25, 0.3) is 0 Å². The van der Waals surface area contributed by atoms with Crippen LogP contribution in [0.25, 0.3) is 6.08 Å². The Hall–Kier alpha value is -2.55. The zero-order valence-corrected chi connectivity index (χ0v) is 11.0. The molecule has 0 radical (unpaired) electrons. The summed E-state index contributed by atoms with van der Waals surface area (Å²) in [6, 6.07) is 17.5. The van der Waals surface area contributed by atoms with Crippen molar-refractivity contribution in [3.63, 3.8) is 0 Å². The molecule has 0 aliphatic rings. The Kier molecular flexibility index (Phi) is 4.95. The quantitative estimate of drug-likeness (QED) is 0.817. The van der Waals surface area contributed by atoms with Crippen LogP contribution in [-0.2, 0) is 11.2 Å². The summed E-state index contributed by atoms with van der Waals surface area (Å²) >= 11 is 0. The summed E-state index contributed by atoms with van der Waals surface area (Å²) in [5.41, 5.74) is 1.98. The van der Waals surface area contributed by atoms with Crippen molar-refractivity contribution in [2.24, 2.45) is 0 Å². The van der Waals surface area contributed by atoms with Gasteiger partial charge >= 0.3 is 5.97 Å². The molecule has 0 spiro atoms. The van der Waals surface area contributed by atoms with Crippen molar-refractivity contribution in [3.05, 3.63) is 71.8 Å². The molecule has 2 rings (SSSR count). The largest absolute Gasteiger partial charge is 0.493 e. The van der Waals surface area contributed by atoms with E-state index in [4.69, 9.17) is 9.84 Å². The van der Waals surface area contributed by atoms with Crippen molar-refractivity contribution in [2.45, 2.75) is 6.42 Å². The second-order valence-corrected chi connectivity index (χ2v) is 4.29. The highest BCUT2D eigenvalue weighted by Gasteiger charge is 2.00. The van der Waals surface area contributed by atoms with E-state index in [0.29, 0.717) is 12.4 Å². The van der Waals surface area contributed by atoms with E-state index >= 15 is 0 Å². The number of para-hydroxylation sites is 1. The number of ether oxygens (including phenoxy) is 1. The lowest BCUT2D eigenvalue weighted by Crippen LogP contribution is -2.02. The SMILES string of the molecule is O=C(O)/C=C/c1ccccc1OCCc1ccccc1. The average Bonchev–Trinajstić information content (AvgIpc) is 2.47. The Morgan fingerprint density at radius 1 is 1.05 bits per heavy atom. The van der Waals surface area contributed by atoms with Crippen LogP contribution in [0.1, 0.15) is 11.1 Å². The van der Waals surface area contributed by atoms with Crippen molar-refractivity contribution in [1.82, 2.24) is 0 Å². The predicted molar refractivity (Wildman–Crippen MR) is 78.8 cm³/mol. The first-order valence-corrected chi connectivity index (χ1v) is 6.42. The number of hydrogen-bond donors (Lipinski definition) is 1. The predicted octanol–water partition coefficient (Wildman–Crippen LogP) is 3.41. The molecule has 0 aromatic heterocycles. The summed E-state index contributed by atoms with van der Waals surface area (Å²) in [6.45, 7) is 0.557. The molecule has 20 heavy (non-hydrogen) atoms. The maximum atomic E-state index is 10.6. The third-order valence-corrected chi connectivity index (χ3v) is 2.82. The van der Waals surface area contributed by atoms with Gasteiger partial charge in [0.2, 0.25) is 0 Å². The third kappa shape index (κ3) is 4.28. The lowest BCUT2D eigenvalue weighted by atomic mass is 10.1. The fraction of sp³-hybridized carbons (Fsp3) is 0.118. The molecule has 0 unspecified atom stereocenters. The van der Waals surface area contributed by atoms with Crippen LogP contribution in [-0.4, -0.2) is 17.7 Å². The van der Waals surface area contributed by atoms with E-state index in [0.717, 1.165) is 18.1 Å². The van der Waals surface area contributed by atoms with Gasteiger partial charge in [0.05, 0.1) is 6.61 Å². The highest BCUT2D eigenvalue weighted by molar-refractivity contribution is 5.85. The highest BCUT2D eigenvalue weighted by Crippen LogP contribution is 2.19. The summed E-state index contributed by atoms with van der Waals surface area (Å²) in [6.07, 6.45) is 3.47. The van der Waals surface area contributed by atoms with Crippen molar-refractivity contribution in [2.75, 3.05) is 6.61 Å². The molecule has 0 saturated heterocycles. The van der Waals surface area contributed by atoms with Crippen LogP contribution in [0.15, 0.2) is 60.7 Å². The normalized spacial score (nSPS) is 10.6. The Bertz CT molecular complexity index is 588. The van der Waals surface area contributed by atoms with Gasteiger partial charge in [-0.1, -0.05) is 48.5 Å². The molecule has 0 bridgehead atoms.